The molecule has 0 bridgehead atoms. The van der Waals surface area contributed by atoms with Crippen molar-refractivity contribution in [3.8, 4) is 0 Å². The van der Waals surface area contributed by atoms with Crippen molar-refractivity contribution in [2.75, 3.05) is 19.6 Å². The fourth-order valence-electron chi connectivity index (χ4n) is 3.64. The molecule has 2 aliphatic heterocycles. The number of nitrogens with zero attached hydrogens (tertiary/aromatic N) is 2. The summed E-state index contributed by atoms with van der Waals surface area (Å²) < 4.78 is 7.67. The molecule has 1 amide bonds. The average molecular weight is 466 g/mol. The SMILES string of the molecule is CC(C)(C)OC(=O)N1CCC(C2CN(I)C(Cl)c3cc[nH]c32)CC1. The maximum absolute atomic E-state index is 12.2. The molecule has 2 aliphatic rings. The molecular weight excluding hydrogens is 441 g/mol. The van der Waals surface area contributed by atoms with Gasteiger partial charge in [0, 0.05) is 65.9 Å². The Bertz CT molecular complexity index is 593. The largest absolute Gasteiger partial charge is 0.444 e. The molecular formula is C17H25ClIN3O2. The van der Waals surface area contributed by atoms with Crippen LogP contribution in [0, 0.1) is 5.92 Å². The number of carbonyl (C=O) groups is 1. The van der Waals surface area contributed by atoms with Crippen LogP contribution in [0.3, 0.4) is 0 Å². The number of hydrogen-bond donors (Lipinski definition) is 1. The lowest BCUT2D eigenvalue weighted by Crippen LogP contribution is -2.44. The molecule has 1 aromatic rings. The molecule has 5 nitrogen and oxygen atoms in total. The maximum atomic E-state index is 12.2. The monoisotopic (exact) mass is 465 g/mol. The number of likely N-dealkylation sites (tertiary alicyclic amines) is 1. The second kappa shape index (κ2) is 7.03. The van der Waals surface area contributed by atoms with E-state index in [2.05, 4.69) is 37.0 Å². The molecule has 0 radical (unpaired) electrons. The molecule has 2 unspecified atom stereocenters. The van der Waals surface area contributed by atoms with Crippen LogP contribution in [0.2, 0.25) is 0 Å². The van der Waals surface area contributed by atoms with Crippen molar-refractivity contribution in [3.63, 3.8) is 0 Å². The molecule has 134 valence electrons. The lowest BCUT2D eigenvalue weighted by Gasteiger charge is -2.40. The molecule has 3 rings (SSSR count). The number of carbonyl (C=O) groups excluding carboxylic acids is 1. The Morgan fingerprint density at radius 1 is 1.38 bits per heavy atom. The topological polar surface area (TPSA) is 48.6 Å². The van der Waals surface area contributed by atoms with Crippen molar-refractivity contribution < 1.29 is 9.53 Å². The summed E-state index contributed by atoms with van der Waals surface area (Å²) in [5.74, 6) is 1.00. The van der Waals surface area contributed by atoms with Gasteiger partial charge >= 0.3 is 6.09 Å². The standard InChI is InChI=1S/C17H25ClIN3O2/c1-17(2,3)24-16(23)21-8-5-11(6-9-21)13-10-22(19)15(18)12-4-7-20-14(12)13/h4,7,11,13,15,20H,5-6,8-10H2,1-3H3. The van der Waals surface area contributed by atoms with Crippen molar-refractivity contribution in [2.24, 2.45) is 5.92 Å². The fraction of sp³-hybridized carbons (Fsp3) is 0.706. The van der Waals surface area contributed by atoms with Gasteiger partial charge < -0.3 is 14.6 Å². The van der Waals surface area contributed by atoms with E-state index in [9.17, 15) is 4.79 Å². The molecule has 2 atom stereocenters. The van der Waals surface area contributed by atoms with Crippen LogP contribution in [0.15, 0.2) is 12.3 Å². The normalized spacial score (nSPS) is 26.3. The first-order chi connectivity index (χ1) is 11.3. The zero-order chi connectivity index (χ0) is 17.5. The smallest absolute Gasteiger partial charge is 0.410 e. The van der Waals surface area contributed by atoms with E-state index in [0.29, 0.717) is 11.8 Å². The highest BCUT2D eigenvalue weighted by Gasteiger charge is 2.38. The second-order valence-corrected chi connectivity index (χ2v) is 9.33. The Hall–Kier alpha value is -0.470. The molecule has 1 saturated heterocycles. The zero-order valence-electron chi connectivity index (χ0n) is 14.4. The Kier molecular flexibility index (Phi) is 5.37. The van der Waals surface area contributed by atoms with Crippen LogP contribution < -0.4 is 0 Å². The summed E-state index contributed by atoms with van der Waals surface area (Å²) >= 11 is 8.82. The van der Waals surface area contributed by atoms with Crippen molar-refractivity contribution >= 4 is 40.6 Å². The molecule has 0 spiro atoms. The molecule has 3 heterocycles. The summed E-state index contributed by atoms with van der Waals surface area (Å²) in [6.07, 6.45) is 3.79. The number of ether oxygens (including phenoxy) is 1. The van der Waals surface area contributed by atoms with Crippen LogP contribution in [0.5, 0.6) is 0 Å². The number of nitrogens with one attached hydrogen (secondary N) is 1. The van der Waals surface area contributed by atoms with E-state index < -0.39 is 5.60 Å². The first kappa shape index (κ1) is 18.3. The van der Waals surface area contributed by atoms with Crippen LogP contribution in [-0.4, -0.2) is 44.3 Å². The second-order valence-electron chi connectivity index (χ2n) is 7.68. The summed E-state index contributed by atoms with van der Waals surface area (Å²) in [4.78, 5) is 17.5. The maximum Gasteiger partial charge on any atom is 0.410 e. The molecule has 7 heteroatoms. The van der Waals surface area contributed by atoms with Crippen LogP contribution >= 0.6 is 34.5 Å². The van der Waals surface area contributed by atoms with E-state index in [-0.39, 0.29) is 11.6 Å². The van der Waals surface area contributed by atoms with Crippen molar-refractivity contribution in [1.82, 2.24) is 13.0 Å². The molecule has 1 N–H and O–H groups in total. The number of fused-ring (bicyclic) bond motifs is 1. The number of hydrogen-bond acceptors (Lipinski definition) is 3. The Morgan fingerprint density at radius 3 is 2.67 bits per heavy atom. The number of amides is 1. The molecule has 0 aromatic carbocycles. The quantitative estimate of drug-likeness (QED) is 0.284. The van der Waals surface area contributed by atoms with E-state index in [4.69, 9.17) is 16.3 Å². The van der Waals surface area contributed by atoms with Gasteiger partial charge in [-0.25, -0.2) is 7.91 Å². The minimum absolute atomic E-state index is 0.0649. The van der Waals surface area contributed by atoms with Crippen molar-refractivity contribution in [1.29, 1.82) is 0 Å². The first-order valence-corrected chi connectivity index (χ1v) is 9.88. The number of rotatable bonds is 1. The molecule has 0 saturated carbocycles. The number of piperidine rings is 1. The van der Waals surface area contributed by atoms with E-state index in [1.54, 1.807) is 0 Å². The van der Waals surface area contributed by atoms with Crippen molar-refractivity contribution in [2.45, 2.75) is 50.6 Å². The highest BCUT2D eigenvalue weighted by atomic mass is 127. The first-order valence-electron chi connectivity index (χ1n) is 8.48. The molecule has 0 aliphatic carbocycles. The van der Waals surface area contributed by atoms with Crippen LogP contribution in [0.1, 0.15) is 56.3 Å². The summed E-state index contributed by atoms with van der Waals surface area (Å²) in [5, 5.41) is 0. The Balaban J connectivity index is 1.64. The summed E-state index contributed by atoms with van der Waals surface area (Å²) in [6.45, 7) is 8.19. The molecule has 1 aromatic heterocycles. The van der Waals surface area contributed by atoms with Crippen molar-refractivity contribution in [3.05, 3.63) is 23.5 Å². The van der Waals surface area contributed by atoms with Gasteiger partial charge in [-0.15, -0.1) is 0 Å². The summed E-state index contributed by atoms with van der Waals surface area (Å²) in [7, 11) is 0. The van der Waals surface area contributed by atoms with E-state index >= 15 is 0 Å². The highest BCUT2D eigenvalue weighted by Crippen LogP contribution is 2.44. The van der Waals surface area contributed by atoms with Gasteiger partial charge in [0.15, 0.2) is 0 Å². The molecule has 24 heavy (non-hydrogen) atoms. The van der Waals surface area contributed by atoms with Gasteiger partial charge in [0.1, 0.15) is 11.1 Å². The van der Waals surface area contributed by atoms with Crippen LogP contribution in [-0.2, 0) is 4.74 Å². The molecule has 1 fully saturated rings. The Labute approximate surface area is 162 Å². The van der Waals surface area contributed by atoms with Gasteiger partial charge in [-0.2, -0.15) is 0 Å². The number of halogens is 2. The zero-order valence-corrected chi connectivity index (χ0v) is 17.3. The minimum atomic E-state index is -0.437. The lowest BCUT2D eigenvalue weighted by molar-refractivity contribution is 0.0170. The van der Waals surface area contributed by atoms with Crippen LogP contribution in [0.4, 0.5) is 4.79 Å². The highest BCUT2D eigenvalue weighted by molar-refractivity contribution is 14.1. The predicted molar refractivity (Wildman–Crippen MR) is 103 cm³/mol. The van der Waals surface area contributed by atoms with E-state index in [1.165, 1.54) is 11.3 Å². The fourth-order valence-corrected chi connectivity index (χ4v) is 4.64. The number of alkyl halides is 1. The van der Waals surface area contributed by atoms with Gasteiger partial charge in [-0.05, 0) is 45.6 Å². The summed E-state index contributed by atoms with van der Waals surface area (Å²) in [5.41, 5.74) is 1.97. The minimum Gasteiger partial charge on any atom is -0.444 e. The third-order valence-electron chi connectivity index (χ3n) is 4.82. The van der Waals surface area contributed by atoms with Gasteiger partial charge in [-0.3, -0.25) is 0 Å². The average Bonchev–Trinajstić information content (AvgIpc) is 2.99. The summed E-state index contributed by atoms with van der Waals surface area (Å²) in [6, 6.07) is 2.08. The van der Waals surface area contributed by atoms with Crippen LogP contribution in [0.25, 0.3) is 0 Å². The van der Waals surface area contributed by atoms with E-state index in [1.807, 2.05) is 31.9 Å². The van der Waals surface area contributed by atoms with Gasteiger partial charge in [-0.1, -0.05) is 11.6 Å². The lowest BCUT2D eigenvalue weighted by atomic mass is 9.80. The predicted octanol–water partition coefficient (Wildman–Crippen LogP) is 4.65. The van der Waals surface area contributed by atoms with Gasteiger partial charge in [0.25, 0.3) is 0 Å². The number of aromatic amines is 1. The van der Waals surface area contributed by atoms with E-state index in [0.717, 1.165) is 32.5 Å². The third-order valence-corrected chi connectivity index (χ3v) is 6.57. The van der Waals surface area contributed by atoms with Gasteiger partial charge in [0.05, 0.1) is 0 Å². The third kappa shape index (κ3) is 3.85. The van der Waals surface area contributed by atoms with Gasteiger partial charge in [0.2, 0.25) is 0 Å². The number of aromatic nitrogens is 1. The Morgan fingerprint density at radius 2 is 2.04 bits per heavy atom. The number of H-pyrrole nitrogens is 1.